The Balaban J connectivity index is 2.86. The molecule has 0 aliphatic carbocycles. The van der Waals surface area contributed by atoms with Gasteiger partial charge in [0.05, 0.1) is 19.9 Å². The molecule has 0 saturated heterocycles. The molecule has 1 rings (SSSR count). The molecule has 1 N–H and O–H groups in total. The molecule has 0 aromatic heterocycles. The molecule has 0 aliphatic heterocycles. The second-order valence-electron chi connectivity index (χ2n) is 3.90. The zero-order chi connectivity index (χ0) is 12.8. The summed E-state index contributed by atoms with van der Waals surface area (Å²) in [7, 11) is 3.24. The number of carbonyl (C=O) groups is 1. The van der Waals surface area contributed by atoms with Crippen LogP contribution in [0.15, 0.2) is 12.1 Å². The maximum Gasteiger partial charge on any atom is 0.145 e. The fraction of sp³-hybridized carbons (Fsp3) is 0.462. The Kier molecular flexibility index (Phi) is 4.82. The normalized spacial score (nSPS) is 9.88. The van der Waals surface area contributed by atoms with Crippen LogP contribution >= 0.6 is 0 Å². The van der Waals surface area contributed by atoms with Crippen LogP contribution in [0, 0.1) is 6.92 Å². The maximum atomic E-state index is 10.9. The Morgan fingerprint density at radius 3 is 2.53 bits per heavy atom. The number of ketones is 1. The van der Waals surface area contributed by atoms with Crippen molar-refractivity contribution in [3.05, 3.63) is 17.7 Å². The van der Waals surface area contributed by atoms with Crippen molar-refractivity contribution in [2.75, 3.05) is 26.1 Å². The Hall–Kier alpha value is -1.71. The van der Waals surface area contributed by atoms with E-state index in [1.807, 2.05) is 19.1 Å². The third-order valence-corrected chi connectivity index (χ3v) is 2.51. The summed E-state index contributed by atoms with van der Waals surface area (Å²) in [6.45, 7) is 4.17. The number of ether oxygens (including phenoxy) is 2. The zero-order valence-electron chi connectivity index (χ0n) is 10.8. The molecular formula is C13H19NO3. The van der Waals surface area contributed by atoms with Gasteiger partial charge in [-0.15, -0.1) is 0 Å². The van der Waals surface area contributed by atoms with Gasteiger partial charge >= 0.3 is 0 Å². The van der Waals surface area contributed by atoms with Gasteiger partial charge in [-0.3, -0.25) is 4.79 Å². The van der Waals surface area contributed by atoms with Gasteiger partial charge < -0.3 is 14.8 Å². The lowest BCUT2D eigenvalue weighted by Gasteiger charge is -2.15. The summed E-state index contributed by atoms with van der Waals surface area (Å²) in [5, 5.41) is 3.21. The second-order valence-corrected chi connectivity index (χ2v) is 3.90. The number of aryl methyl sites for hydroxylation is 1. The van der Waals surface area contributed by atoms with E-state index in [2.05, 4.69) is 5.32 Å². The molecule has 1 aromatic rings. The van der Waals surface area contributed by atoms with E-state index in [0.29, 0.717) is 13.0 Å². The highest BCUT2D eigenvalue weighted by Gasteiger charge is 2.09. The number of anilines is 1. The molecule has 0 unspecified atom stereocenters. The van der Waals surface area contributed by atoms with Crippen molar-refractivity contribution >= 4 is 11.5 Å². The molecule has 4 nitrogen and oxygen atoms in total. The molecule has 0 radical (unpaired) electrons. The minimum Gasteiger partial charge on any atom is -0.497 e. The molecular weight excluding hydrogens is 218 g/mol. The predicted octanol–water partition coefficient (Wildman–Crippen LogP) is 2.40. The molecule has 1 aromatic carbocycles. The number of benzene rings is 1. The summed E-state index contributed by atoms with van der Waals surface area (Å²) < 4.78 is 10.5. The van der Waals surface area contributed by atoms with Crippen LogP contribution < -0.4 is 14.8 Å². The average Bonchev–Trinajstić information content (AvgIpc) is 2.30. The Morgan fingerprint density at radius 1 is 1.29 bits per heavy atom. The van der Waals surface area contributed by atoms with Crippen LogP contribution in [0.5, 0.6) is 11.5 Å². The number of hydrogen-bond acceptors (Lipinski definition) is 4. The summed E-state index contributed by atoms with van der Waals surface area (Å²) in [6.07, 6.45) is 0.509. The van der Waals surface area contributed by atoms with E-state index in [0.717, 1.165) is 22.7 Å². The van der Waals surface area contributed by atoms with Gasteiger partial charge in [0.2, 0.25) is 0 Å². The minimum absolute atomic E-state index is 0.169. The van der Waals surface area contributed by atoms with Crippen molar-refractivity contribution in [1.29, 1.82) is 0 Å². The molecule has 94 valence electrons. The van der Waals surface area contributed by atoms with Crippen LogP contribution in [-0.4, -0.2) is 26.5 Å². The van der Waals surface area contributed by atoms with Crippen molar-refractivity contribution in [1.82, 2.24) is 0 Å². The van der Waals surface area contributed by atoms with Crippen molar-refractivity contribution in [2.24, 2.45) is 0 Å². The quantitative estimate of drug-likeness (QED) is 0.825. The van der Waals surface area contributed by atoms with Crippen LogP contribution in [0.1, 0.15) is 18.9 Å². The van der Waals surface area contributed by atoms with Crippen LogP contribution in [0.3, 0.4) is 0 Å². The third kappa shape index (κ3) is 3.66. The van der Waals surface area contributed by atoms with E-state index >= 15 is 0 Å². The van der Waals surface area contributed by atoms with Crippen molar-refractivity contribution in [3.63, 3.8) is 0 Å². The number of carbonyl (C=O) groups excluding carboxylic acids is 1. The summed E-state index contributed by atoms with van der Waals surface area (Å²) >= 11 is 0. The van der Waals surface area contributed by atoms with E-state index in [9.17, 15) is 4.79 Å². The lowest BCUT2D eigenvalue weighted by Crippen LogP contribution is -2.08. The number of hydrogen-bond donors (Lipinski definition) is 1. The van der Waals surface area contributed by atoms with Crippen LogP contribution in [0.25, 0.3) is 0 Å². The molecule has 0 saturated carbocycles. The highest BCUT2D eigenvalue weighted by Crippen LogP contribution is 2.32. The van der Waals surface area contributed by atoms with Crippen LogP contribution in [-0.2, 0) is 4.79 Å². The topological polar surface area (TPSA) is 47.6 Å². The molecule has 0 aliphatic rings. The summed E-state index contributed by atoms with van der Waals surface area (Å²) in [5.74, 6) is 1.66. The first kappa shape index (κ1) is 13.4. The van der Waals surface area contributed by atoms with Crippen LogP contribution in [0.2, 0.25) is 0 Å². The molecule has 0 fully saturated rings. The SMILES string of the molecule is COc1cc(C)c(NCCC(C)=O)c(OC)c1. The summed E-state index contributed by atoms with van der Waals surface area (Å²) in [4.78, 5) is 10.9. The average molecular weight is 237 g/mol. The lowest BCUT2D eigenvalue weighted by atomic mass is 10.1. The van der Waals surface area contributed by atoms with Gasteiger partial charge in [-0.25, -0.2) is 0 Å². The number of Topliss-reactive ketones (excluding diaryl/α,β-unsaturated/α-hetero) is 1. The lowest BCUT2D eigenvalue weighted by molar-refractivity contribution is -0.116. The monoisotopic (exact) mass is 237 g/mol. The maximum absolute atomic E-state index is 10.9. The second kappa shape index (κ2) is 6.13. The van der Waals surface area contributed by atoms with Crippen LogP contribution in [0.4, 0.5) is 5.69 Å². The summed E-state index contributed by atoms with van der Waals surface area (Å²) in [5.41, 5.74) is 1.94. The minimum atomic E-state index is 0.169. The van der Waals surface area contributed by atoms with Gasteiger partial charge in [0.15, 0.2) is 0 Å². The Bertz CT molecular complexity index is 402. The van der Waals surface area contributed by atoms with Gasteiger partial charge in [0.1, 0.15) is 17.3 Å². The van der Waals surface area contributed by atoms with Crippen molar-refractivity contribution in [3.8, 4) is 11.5 Å². The van der Waals surface area contributed by atoms with E-state index in [-0.39, 0.29) is 5.78 Å². The first-order valence-corrected chi connectivity index (χ1v) is 5.54. The number of rotatable bonds is 6. The zero-order valence-corrected chi connectivity index (χ0v) is 10.8. The molecule has 4 heteroatoms. The largest absolute Gasteiger partial charge is 0.497 e. The summed E-state index contributed by atoms with van der Waals surface area (Å²) in [6, 6.07) is 3.75. The molecule has 0 atom stereocenters. The number of nitrogens with one attached hydrogen (secondary N) is 1. The van der Waals surface area contributed by atoms with Gasteiger partial charge in [-0.2, -0.15) is 0 Å². The van der Waals surface area contributed by atoms with E-state index in [4.69, 9.17) is 9.47 Å². The van der Waals surface area contributed by atoms with Gasteiger partial charge in [-0.1, -0.05) is 0 Å². The standard InChI is InChI=1S/C13H19NO3/c1-9-7-11(16-3)8-12(17-4)13(9)14-6-5-10(2)15/h7-8,14H,5-6H2,1-4H3. The molecule has 0 bridgehead atoms. The molecule has 0 amide bonds. The predicted molar refractivity (Wildman–Crippen MR) is 68.1 cm³/mol. The van der Waals surface area contributed by atoms with E-state index < -0.39 is 0 Å². The first-order valence-electron chi connectivity index (χ1n) is 5.54. The molecule has 17 heavy (non-hydrogen) atoms. The molecule has 0 heterocycles. The van der Waals surface area contributed by atoms with E-state index in [1.165, 1.54) is 0 Å². The van der Waals surface area contributed by atoms with Gasteiger partial charge in [0, 0.05) is 19.0 Å². The Labute approximate surface area is 102 Å². The van der Waals surface area contributed by atoms with Crippen molar-refractivity contribution in [2.45, 2.75) is 20.3 Å². The smallest absolute Gasteiger partial charge is 0.145 e. The number of methoxy groups -OCH3 is 2. The molecule has 0 spiro atoms. The highest BCUT2D eigenvalue weighted by molar-refractivity contribution is 5.76. The highest BCUT2D eigenvalue weighted by atomic mass is 16.5. The first-order chi connectivity index (χ1) is 8.08. The van der Waals surface area contributed by atoms with E-state index in [1.54, 1.807) is 21.1 Å². The fourth-order valence-electron chi connectivity index (χ4n) is 1.59. The fourth-order valence-corrected chi connectivity index (χ4v) is 1.59. The van der Waals surface area contributed by atoms with Crippen molar-refractivity contribution < 1.29 is 14.3 Å². The Morgan fingerprint density at radius 2 is 2.00 bits per heavy atom. The van der Waals surface area contributed by atoms with Gasteiger partial charge in [0.25, 0.3) is 0 Å². The third-order valence-electron chi connectivity index (χ3n) is 2.51. The van der Waals surface area contributed by atoms with Gasteiger partial charge in [-0.05, 0) is 25.5 Å².